The number of rotatable bonds is 0. The summed E-state index contributed by atoms with van der Waals surface area (Å²) in [5.74, 6) is 0. The van der Waals surface area contributed by atoms with E-state index in [0.717, 1.165) is 0 Å². The molecule has 2 nitrogen and oxygen atoms in total. The van der Waals surface area contributed by atoms with Crippen molar-refractivity contribution in [2.24, 2.45) is 10.8 Å². The highest BCUT2D eigenvalue weighted by atomic mass is 16.7. The van der Waals surface area contributed by atoms with E-state index in [4.69, 9.17) is 9.47 Å². The minimum Gasteiger partial charge on any atom is -0.349 e. The van der Waals surface area contributed by atoms with Crippen molar-refractivity contribution in [3.8, 4) is 0 Å². The molecular weight excluding hydrogens is 164 g/mol. The van der Waals surface area contributed by atoms with Crippen molar-refractivity contribution in [3.05, 3.63) is 0 Å². The van der Waals surface area contributed by atoms with Gasteiger partial charge in [0.15, 0.2) is 0 Å². The summed E-state index contributed by atoms with van der Waals surface area (Å²) >= 11 is 0. The van der Waals surface area contributed by atoms with Crippen LogP contribution in [-0.2, 0) is 9.47 Å². The number of hydrogen-bond donors (Lipinski definition) is 0. The quantitative estimate of drug-likeness (QED) is 0.579. The Morgan fingerprint density at radius 3 is 1.31 bits per heavy atom. The summed E-state index contributed by atoms with van der Waals surface area (Å²) in [5.41, 5.74) is 0.322. The highest BCUT2D eigenvalue weighted by Gasteiger charge is 2.44. The van der Waals surface area contributed by atoms with Gasteiger partial charge in [-0.3, -0.25) is 0 Å². The molecule has 0 aliphatic carbocycles. The predicted octanol–water partition coefficient (Wildman–Crippen LogP) is 2.82. The van der Waals surface area contributed by atoms with E-state index in [9.17, 15) is 0 Å². The first-order valence-electron chi connectivity index (χ1n) is 4.96. The van der Waals surface area contributed by atoms with Crippen LogP contribution in [0.4, 0.5) is 0 Å². The van der Waals surface area contributed by atoms with Crippen molar-refractivity contribution in [2.45, 2.75) is 53.8 Å². The summed E-state index contributed by atoms with van der Waals surface area (Å²) in [5, 5.41) is 0. The van der Waals surface area contributed by atoms with Gasteiger partial charge in [0, 0.05) is 0 Å². The van der Waals surface area contributed by atoms with Crippen molar-refractivity contribution in [3.63, 3.8) is 0 Å². The van der Waals surface area contributed by atoms with Gasteiger partial charge in [-0.05, 0) is 10.8 Å². The van der Waals surface area contributed by atoms with Crippen molar-refractivity contribution in [1.29, 1.82) is 0 Å². The van der Waals surface area contributed by atoms with Crippen molar-refractivity contribution in [2.75, 3.05) is 6.79 Å². The maximum Gasteiger partial charge on any atom is 0.147 e. The molecule has 0 saturated carbocycles. The van der Waals surface area contributed by atoms with Gasteiger partial charge < -0.3 is 9.47 Å². The fourth-order valence-electron chi connectivity index (χ4n) is 1.77. The monoisotopic (exact) mass is 186 g/mol. The van der Waals surface area contributed by atoms with Crippen LogP contribution < -0.4 is 0 Å². The molecule has 1 rings (SSSR count). The van der Waals surface area contributed by atoms with Gasteiger partial charge in [0.1, 0.15) is 6.79 Å². The van der Waals surface area contributed by atoms with Crippen molar-refractivity contribution >= 4 is 0 Å². The van der Waals surface area contributed by atoms with E-state index >= 15 is 0 Å². The molecule has 13 heavy (non-hydrogen) atoms. The maximum absolute atomic E-state index is 5.63. The van der Waals surface area contributed by atoms with Crippen LogP contribution in [0.1, 0.15) is 41.5 Å². The third kappa shape index (κ3) is 2.44. The van der Waals surface area contributed by atoms with Crippen LogP contribution in [-0.4, -0.2) is 19.0 Å². The smallest absolute Gasteiger partial charge is 0.147 e. The lowest BCUT2D eigenvalue weighted by Gasteiger charge is -2.36. The summed E-state index contributed by atoms with van der Waals surface area (Å²) in [4.78, 5) is 0. The zero-order valence-electron chi connectivity index (χ0n) is 9.68. The lowest BCUT2D eigenvalue weighted by molar-refractivity contribution is 0.000876. The maximum atomic E-state index is 5.63. The Morgan fingerprint density at radius 2 is 1.08 bits per heavy atom. The van der Waals surface area contributed by atoms with Crippen LogP contribution >= 0.6 is 0 Å². The van der Waals surface area contributed by atoms with E-state index in [2.05, 4.69) is 41.5 Å². The van der Waals surface area contributed by atoms with E-state index in [1.807, 2.05) is 0 Å². The molecule has 0 amide bonds. The SMILES string of the molecule is CC(C)(C)C1OCO[C@H]1C(C)(C)C. The largest absolute Gasteiger partial charge is 0.349 e. The number of hydrogen-bond acceptors (Lipinski definition) is 2. The first-order chi connectivity index (χ1) is 5.73. The third-order valence-electron chi connectivity index (χ3n) is 2.48. The van der Waals surface area contributed by atoms with Crippen LogP contribution in [0.5, 0.6) is 0 Å². The normalized spacial score (nSPS) is 30.9. The van der Waals surface area contributed by atoms with E-state index in [1.165, 1.54) is 0 Å². The van der Waals surface area contributed by atoms with Crippen LogP contribution in [0.2, 0.25) is 0 Å². The van der Waals surface area contributed by atoms with E-state index < -0.39 is 0 Å². The van der Waals surface area contributed by atoms with Crippen LogP contribution in [0.25, 0.3) is 0 Å². The summed E-state index contributed by atoms with van der Waals surface area (Å²) in [6.07, 6.45) is 0.431. The molecule has 0 aromatic rings. The Kier molecular flexibility index (Phi) is 2.75. The topological polar surface area (TPSA) is 18.5 Å². The lowest BCUT2D eigenvalue weighted by atomic mass is 9.76. The molecular formula is C11H22O2. The lowest BCUT2D eigenvalue weighted by Crippen LogP contribution is -2.42. The summed E-state index contributed by atoms with van der Waals surface area (Å²) in [7, 11) is 0. The molecule has 0 spiro atoms. The summed E-state index contributed by atoms with van der Waals surface area (Å²) < 4.78 is 11.3. The Bertz CT molecular complexity index is 154. The van der Waals surface area contributed by atoms with E-state index in [-0.39, 0.29) is 23.0 Å². The van der Waals surface area contributed by atoms with E-state index in [0.29, 0.717) is 6.79 Å². The molecule has 1 aliphatic rings. The first kappa shape index (κ1) is 11.0. The van der Waals surface area contributed by atoms with Gasteiger partial charge in [0.25, 0.3) is 0 Å². The average Bonchev–Trinajstić information content (AvgIpc) is 2.27. The zero-order chi connectivity index (χ0) is 10.3. The Balaban J connectivity index is 2.76. The fraction of sp³-hybridized carbons (Fsp3) is 1.00. The molecule has 0 bridgehead atoms. The van der Waals surface area contributed by atoms with Gasteiger partial charge in [0.2, 0.25) is 0 Å². The predicted molar refractivity (Wildman–Crippen MR) is 53.5 cm³/mol. The first-order valence-corrected chi connectivity index (χ1v) is 4.96. The summed E-state index contributed by atoms with van der Waals surface area (Å²) in [6.45, 7) is 13.6. The molecule has 0 radical (unpaired) electrons. The molecule has 0 aromatic heterocycles. The molecule has 0 aromatic carbocycles. The fourth-order valence-corrected chi connectivity index (χ4v) is 1.77. The summed E-state index contributed by atoms with van der Waals surface area (Å²) in [6, 6.07) is 0. The van der Waals surface area contributed by atoms with Crippen LogP contribution in [0.3, 0.4) is 0 Å². The Morgan fingerprint density at radius 1 is 0.769 bits per heavy atom. The van der Waals surface area contributed by atoms with Gasteiger partial charge >= 0.3 is 0 Å². The van der Waals surface area contributed by atoms with Gasteiger partial charge in [0.05, 0.1) is 12.2 Å². The minimum atomic E-state index is 0.161. The molecule has 2 atom stereocenters. The Hall–Kier alpha value is -0.0800. The highest BCUT2D eigenvalue weighted by molar-refractivity contribution is 4.91. The molecule has 1 fully saturated rings. The van der Waals surface area contributed by atoms with Gasteiger partial charge in [-0.1, -0.05) is 41.5 Å². The standard InChI is InChI=1S/C11H22O2/c1-10(2,3)8-9(11(4,5)6)13-7-12-8/h8-9H,7H2,1-6H3/t8-,9?/m1/s1. The molecule has 1 aliphatic heterocycles. The molecule has 0 N–H and O–H groups in total. The molecule has 1 saturated heterocycles. The van der Waals surface area contributed by atoms with Gasteiger partial charge in [-0.15, -0.1) is 0 Å². The second-order valence-electron chi connectivity index (χ2n) is 6.02. The number of ether oxygens (including phenoxy) is 2. The zero-order valence-corrected chi connectivity index (χ0v) is 9.68. The third-order valence-corrected chi connectivity index (χ3v) is 2.48. The Labute approximate surface area is 81.6 Å². The van der Waals surface area contributed by atoms with E-state index in [1.54, 1.807) is 0 Å². The van der Waals surface area contributed by atoms with Crippen molar-refractivity contribution < 1.29 is 9.47 Å². The van der Waals surface area contributed by atoms with Crippen LogP contribution in [0, 0.1) is 10.8 Å². The van der Waals surface area contributed by atoms with Crippen molar-refractivity contribution in [1.82, 2.24) is 0 Å². The van der Waals surface area contributed by atoms with Gasteiger partial charge in [-0.2, -0.15) is 0 Å². The average molecular weight is 186 g/mol. The second kappa shape index (κ2) is 3.25. The van der Waals surface area contributed by atoms with Crippen LogP contribution in [0.15, 0.2) is 0 Å². The second-order valence-corrected chi connectivity index (χ2v) is 6.02. The molecule has 2 heteroatoms. The van der Waals surface area contributed by atoms with Gasteiger partial charge in [-0.25, -0.2) is 0 Å². The minimum absolute atomic E-state index is 0.161. The highest BCUT2D eigenvalue weighted by Crippen LogP contribution is 2.38. The molecule has 1 unspecified atom stereocenters. The molecule has 1 heterocycles. The molecule has 78 valence electrons.